The summed E-state index contributed by atoms with van der Waals surface area (Å²) in [6.45, 7) is 3.45. The van der Waals surface area contributed by atoms with Crippen LogP contribution in [0.1, 0.15) is 32.0 Å². The molecule has 1 amide bonds. The third-order valence-corrected chi connectivity index (χ3v) is 3.03. The zero-order chi connectivity index (χ0) is 15.6. The Morgan fingerprint density at radius 2 is 1.90 bits per heavy atom. The summed E-state index contributed by atoms with van der Waals surface area (Å²) in [5.74, 6) is -1.67. The van der Waals surface area contributed by atoms with E-state index in [0.29, 0.717) is 16.9 Å². The number of aromatic nitrogens is 1. The molecule has 0 aliphatic carbocycles. The van der Waals surface area contributed by atoms with Gasteiger partial charge in [0.05, 0.1) is 5.56 Å². The SMILES string of the molecule is Cc1cc(=O)c(C(=O)Nc2cc(C(=O)O)ccc2C)c[nH]1. The van der Waals surface area contributed by atoms with Gasteiger partial charge in [-0.3, -0.25) is 9.59 Å². The number of aromatic carboxylic acids is 1. The van der Waals surface area contributed by atoms with Crippen molar-refractivity contribution in [3.8, 4) is 0 Å². The monoisotopic (exact) mass is 286 g/mol. The molecular formula is C15H14N2O4. The van der Waals surface area contributed by atoms with Gasteiger partial charge < -0.3 is 15.4 Å². The van der Waals surface area contributed by atoms with E-state index in [1.165, 1.54) is 24.4 Å². The molecule has 0 atom stereocenters. The number of hydrogen-bond donors (Lipinski definition) is 3. The Labute approximate surface area is 120 Å². The lowest BCUT2D eigenvalue weighted by Crippen LogP contribution is -2.22. The number of H-pyrrole nitrogens is 1. The fourth-order valence-electron chi connectivity index (χ4n) is 1.83. The molecule has 0 fully saturated rings. The van der Waals surface area contributed by atoms with Gasteiger partial charge in [-0.15, -0.1) is 0 Å². The van der Waals surface area contributed by atoms with Crippen LogP contribution in [0.15, 0.2) is 35.3 Å². The number of rotatable bonds is 3. The second kappa shape index (κ2) is 5.62. The van der Waals surface area contributed by atoms with Crippen molar-refractivity contribution in [2.45, 2.75) is 13.8 Å². The molecule has 2 aromatic rings. The topological polar surface area (TPSA) is 99.3 Å². The number of pyridine rings is 1. The van der Waals surface area contributed by atoms with E-state index in [1.807, 2.05) is 0 Å². The second-order valence-electron chi connectivity index (χ2n) is 4.68. The van der Waals surface area contributed by atoms with Crippen LogP contribution in [-0.4, -0.2) is 22.0 Å². The highest BCUT2D eigenvalue weighted by atomic mass is 16.4. The van der Waals surface area contributed by atoms with Crippen molar-refractivity contribution >= 4 is 17.6 Å². The van der Waals surface area contributed by atoms with Crippen LogP contribution in [0, 0.1) is 13.8 Å². The lowest BCUT2D eigenvalue weighted by Gasteiger charge is -2.09. The molecule has 108 valence electrons. The quantitative estimate of drug-likeness (QED) is 0.802. The minimum Gasteiger partial charge on any atom is -0.478 e. The van der Waals surface area contributed by atoms with E-state index in [2.05, 4.69) is 10.3 Å². The zero-order valence-corrected chi connectivity index (χ0v) is 11.6. The van der Waals surface area contributed by atoms with Crippen molar-refractivity contribution in [3.05, 3.63) is 63.1 Å². The lowest BCUT2D eigenvalue weighted by atomic mass is 10.1. The first-order valence-electron chi connectivity index (χ1n) is 6.23. The number of carbonyl (C=O) groups is 2. The van der Waals surface area contributed by atoms with Crippen LogP contribution < -0.4 is 10.7 Å². The molecule has 6 heteroatoms. The van der Waals surface area contributed by atoms with Gasteiger partial charge >= 0.3 is 5.97 Å². The molecule has 0 bridgehead atoms. The van der Waals surface area contributed by atoms with Gasteiger partial charge in [-0.1, -0.05) is 6.07 Å². The summed E-state index contributed by atoms with van der Waals surface area (Å²) in [5.41, 5.74) is 1.36. The number of carboxylic acids is 1. The number of carbonyl (C=O) groups excluding carboxylic acids is 1. The van der Waals surface area contributed by atoms with Crippen LogP contribution in [0.25, 0.3) is 0 Å². The highest BCUT2D eigenvalue weighted by Gasteiger charge is 2.13. The molecular weight excluding hydrogens is 272 g/mol. The predicted octanol–water partition coefficient (Wildman–Crippen LogP) is 1.94. The summed E-state index contributed by atoms with van der Waals surface area (Å²) in [4.78, 5) is 37.6. The second-order valence-corrected chi connectivity index (χ2v) is 4.68. The van der Waals surface area contributed by atoms with Crippen molar-refractivity contribution in [3.63, 3.8) is 0 Å². The van der Waals surface area contributed by atoms with Gasteiger partial charge in [-0.25, -0.2) is 4.79 Å². The Balaban J connectivity index is 2.33. The van der Waals surface area contributed by atoms with Crippen molar-refractivity contribution in [1.29, 1.82) is 0 Å². The normalized spacial score (nSPS) is 10.2. The Bertz CT molecular complexity index is 777. The van der Waals surface area contributed by atoms with E-state index in [0.717, 1.165) is 0 Å². The molecule has 1 aromatic heterocycles. The van der Waals surface area contributed by atoms with E-state index < -0.39 is 17.3 Å². The molecule has 0 unspecified atom stereocenters. The lowest BCUT2D eigenvalue weighted by molar-refractivity contribution is 0.0696. The van der Waals surface area contributed by atoms with Gasteiger partial charge in [0.15, 0.2) is 5.43 Å². The van der Waals surface area contributed by atoms with Gasteiger partial charge in [-0.2, -0.15) is 0 Å². The van der Waals surface area contributed by atoms with Gasteiger partial charge in [0, 0.05) is 23.6 Å². The van der Waals surface area contributed by atoms with Crippen LogP contribution in [0.2, 0.25) is 0 Å². The van der Waals surface area contributed by atoms with Crippen LogP contribution in [0.3, 0.4) is 0 Å². The first-order chi connectivity index (χ1) is 9.88. The van der Waals surface area contributed by atoms with E-state index in [4.69, 9.17) is 5.11 Å². The summed E-state index contributed by atoms with van der Waals surface area (Å²) < 4.78 is 0. The maximum atomic E-state index is 12.1. The van der Waals surface area contributed by atoms with Crippen LogP contribution >= 0.6 is 0 Å². The summed E-state index contributed by atoms with van der Waals surface area (Å²) in [6, 6.07) is 5.73. The molecule has 0 saturated carbocycles. The fraction of sp³-hybridized carbons (Fsp3) is 0.133. The standard InChI is InChI=1S/C15H14N2O4/c1-8-3-4-10(15(20)21)6-12(8)17-14(19)11-7-16-9(2)5-13(11)18/h3-7H,1-2H3,(H,16,18)(H,17,19)(H,20,21). The average molecular weight is 286 g/mol. The number of amides is 1. The molecule has 21 heavy (non-hydrogen) atoms. The Hall–Kier alpha value is -2.89. The molecule has 0 aliphatic heterocycles. The number of benzene rings is 1. The van der Waals surface area contributed by atoms with Crippen molar-refractivity contribution < 1.29 is 14.7 Å². The largest absolute Gasteiger partial charge is 0.478 e. The summed E-state index contributed by atoms with van der Waals surface area (Å²) in [6.07, 6.45) is 1.34. The molecule has 3 N–H and O–H groups in total. The maximum Gasteiger partial charge on any atom is 0.335 e. The van der Waals surface area contributed by atoms with Crippen LogP contribution in [0.5, 0.6) is 0 Å². The maximum absolute atomic E-state index is 12.1. The highest BCUT2D eigenvalue weighted by molar-refractivity contribution is 6.05. The average Bonchev–Trinajstić information content (AvgIpc) is 2.40. The van der Waals surface area contributed by atoms with E-state index >= 15 is 0 Å². The van der Waals surface area contributed by atoms with Crippen LogP contribution in [0.4, 0.5) is 5.69 Å². The fourth-order valence-corrected chi connectivity index (χ4v) is 1.83. The molecule has 1 aromatic carbocycles. The number of nitrogens with one attached hydrogen (secondary N) is 2. The van der Waals surface area contributed by atoms with E-state index in [9.17, 15) is 14.4 Å². The van der Waals surface area contributed by atoms with Gasteiger partial charge in [0.2, 0.25) is 0 Å². The third-order valence-electron chi connectivity index (χ3n) is 3.03. The summed E-state index contributed by atoms with van der Waals surface area (Å²) >= 11 is 0. The van der Waals surface area contributed by atoms with Crippen molar-refractivity contribution in [2.24, 2.45) is 0 Å². The minimum atomic E-state index is -1.08. The summed E-state index contributed by atoms with van der Waals surface area (Å²) in [7, 11) is 0. The molecule has 1 heterocycles. The molecule has 0 radical (unpaired) electrons. The number of hydrogen-bond acceptors (Lipinski definition) is 3. The van der Waals surface area contributed by atoms with E-state index in [-0.39, 0.29) is 11.1 Å². The van der Waals surface area contributed by atoms with Gasteiger partial charge in [-0.05, 0) is 31.5 Å². The molecule has 2 rings (SSSR count). The third kappa shape index (κ3) is 3.17. The molecule has 0 aliphatic rings. The molecule has 0 spiro atoms. The van der Waals surface area contributed by atoms with Crippen LogP contribution in [-0.2, 0) is 0 Å². The number of anilines is 1. The molecule has 0 saturated heterocycles. The number of carboxylic acid groups (broad SMARTS) is 1. The van der Waals surface area contributed by atoms with Crippen molar-refractivity contribution in [2.75, 3.05) is 5.32 Å². The Morgan fingerprint density at radius 1 is 1.19 bits per heavy atom. The Morgan fingerprint density at radius 3 is 2.52 bits per heavy atom. The minimum absolute atomic E-state index is 0.0271. The van der Waals surface area contributed by atoms with Gasteiger partial charge in [0.25, 0.3) is 5.91 Å². The summed E-state index contributed by atoms with van der Waals surface area (Å²) in [5, 5.41) is 11.5. The highest BCUT2D eigenvalue weighted by Crippen LogP contribution is 2.17. The smallest absolute Gasteiger partial charge is 0.335 e. The number of aromatic amines is 1. The predicted molar refractivity (Wildman–Crippen MR) is 77.9 cm³/mol. The van der Waals surface area contributed by atoms with Crippen molar-refractivity contribution in [1.82, 2.24) is 4.98 Å². The van der Waals surface area contributed by atoms with Gasteiger partial charge in [0.1, 0.15) is 5.56 Å². The molecule has 6 nitrogen and oxygen atoms in total. The van der Waals surface area contributed by atoms with E-state index in [1.54, 1.807) is 19.9 Å². The first-order valence-corrected chi connectivity index (χ1v) is 6.23. The Kier molecular flexibility index (Phi) is 3.89. The number of aryl methyl sites for hydroxylation is 2. The first kappa shape index (κ1) is 14.5. The zero-order valence-electron chi connectivity index (χ0n) is 11.6.